The molecule has 1 atom stereocenters. The Labute approximate surface area is 75.4 Å². The lowest BCUT2D eigenvalue weighted by Crippen LogP contribution is -2.40. The number of rotatable bonds is 1. The van der Waals surface area contributed by atoms with Crippen LogP contribution in [0, 0.1) is 5.41 Å². The van der Waals surface area contributed by atoms with Gasteiger partial charge in [-0.15, -0.1) is 0 Å². The fraction of sp³-hybridized carbons (Fsp3) is 0.900. The van der Waals surface area contributed by atoms with Gasteiger partial charge >= 0.3 is 0 Å². The Balaban J connectivity index is 2.52. The van der Waals surface area contributed by atoms with Crippen LogP contribution in [0.25, 0.3) is 0 Å². The molecule has 0 fully saturated rings. The summed E-state index contributed by atoms with van der Waals surface area (Å²) in [6, 6.07) is 0.549. The smallest absolute Gasteiger partial charge is 0.0492 e. The lowest BCUT2D eigenvalue weighted by Gasteiger charge is -2.33. The summed E-state index contributed by atoms with van der Waals surface area (Å²) in [4.78, 5) is 0. The average Bonchev–Trinajstić information content (AvgIpc) is 2.03. The van der Waals surface area contributed by atoms with Crippen LogP contribution in [0.15, 0.2) is 5.10 Å². The molecule has 1 unspecified atom stereocenters. The Hall–Kier alpha value is -0.530. The van der Waals surface area contributed by atoms with Crippen molar-refractivity contribution in [1.29, 1.82) is 0 Å². The van der Waals surface area contributed by atoms with Gasteiger partial charge in [0, 0.05) is 11.8 Å². The molecule has 1 N–H and O–H groups in total. The third-order valence-electron chi connectivity index (χ3n) is 2.55. The van der Waals surface area contributed by atoms with Crippen molar-refractivity contribution in [3.8, 4) is 0 Å². The maximum Gasteiger partial charge on any atom is 0.0492 e. The first-order chi connectivity index (χ1) is 5.54. The molecule has 1 heterocycles. The summed E-state index contributed by atoms with van der Waals surface area (Å²) < 4.78 is 0. The van der Waals surface area contributed by atoms with Crippen molar-refractivity contribution in [2.45, 2.75) is 53.0 Å². The van der Waals surface area contributed by atoms with Crippen LogP contribution in [0.4, 0.5) is 0 Å². The Morgan fingerprint density at radius 2 is 2.17 bits per heavy atom. The van der Waals surface area contributed by atoms with Crippen molar-refractivity contribution in [1.82, 2.24) is 5.43 Å². The minimum Gasteiger partial charge on any atom is -0.307 e. The molecule has 1 aliphatic heterocycles. The predicted molar refractivity (Wildman–Crippen MR) is 53.3 cm³/mol. The molecule has 0 saturated carbocycles. The number of nitrogens with one attached hydrogen (secondary N) is 1. The van der Waals surface area contributed by atoms with Gasteiger partial charge in [-0.25, -0.2) is 0 Å². The van der Waals surface area contributed by atoms with Crippen LogP contribution in [0.5, 0.6) is 0 Å². The fourth-order valence-corrected chi connectivity index (χ4v) is 1.48. The first-order valence-corrected chi connectivity index (χ1v) is 4.85. The normalized spacial score (nSPS) is 24.7. The molecule has 0 radical (unpaired) electrons. The lowest BCUT2D eigenvalue weighted by molar-refractivity contribution is 0.253. The number of hydrogen-bond acceptors (Lipinski definition) is 2. The maximum atomic E-state index is 4.36. The minimum absolute atomic E-state index is 0.336. The summed E-state index contributed by atoms with van der Waals surface area (Å²) in [5, 5.41) is 4.36. The second kappa shape index (κ2) is 3.46. The zero-order chi connectivity index (χ0) is 9.19. The van der Waals surface area contributed by atoms with Gasteiger partial charge in [-0.1, -0.05) is 27.7 Å². The quantitative estimate of drug-likeness (QED) is 0.639. The average molecular weight is 168 g/mol. The van der Waals surface area contributed by atoms with E-state index in [9.17, 15) is 0 Å². The van der Waals surface area contributed by atoms with Gasteiger partial charge in [-0.05, 0) is 24.7 Å². The van der Waals surface area contributed by atoms with E-state index in [0.29, 0.717) is 11.5 Å². The van der Waals surface area contributed by atoms with E-state index in [1.807, 2.05) is 0 Å². The van der Waals surface area contributed by atoms with Crippen LogP contribution < -0.4 is 5.43 Å². The molecule has 0 aromatic rings. The second-order valence-electron chi connectivity index (χ2n) is 4.62. The van der Waals surface area contributed by atoms with E-state index in [1.54, 1.807) is 0 Å². The minimum atomic E-state index is 0.336. The molecule has 2 heteroatoms. The van der Waals surface area contributed by atoms with E-state index in [4.69, 9.17) is 0 Å². The number of hydrazone groups is 1. The third-order valence-corrected chi connectivity index (χ3v) is 2.55. The van der Waals surface area contributed by atoms with E-state index in [0.717, 1.165) is 6.42 Å². The molecular formula is C10H20N2. The highest BCUT2D eigenvalue weighted by molar-refractivity contribution is 5.84. The summed E-state index contributed by atoms with van der Waals surface area (Å²) >= 11 is 0. The molecule has 0 spiro atoms. The van der Waals surface area contributed by atoms with Crippen molar-refractivity contribution < 1.29 is 0 Å². The van der Waals surface area contributed by atoms with Crippen molar-refractivity contribution in [2.24, 2.45) is 10.5 Å². The largest absolute Gasteiger partial charge is 0.307 e. The zero-order valence-electron chi connectivity index (χ0n) is 8.65. The van der Waals surface area contributed by atoms with Gasteiger partial charge in [0.1, 0.15) is 0 Å². The highest BCUT2D eigenvalue weighted by Gasteiger charge is 2.26. The van der Waals surface area contributed by atoms with Gasteiger partial charge < -0.3 is 5.43 Å². The molecule has 0 amide bonds. The van der Waals surface area contributed by atoms with Gasteiger partial charge in [0.2, 0.25) is 0 Å². The lowest BCUT2D eigenvalue weighted by atomic mass is 9.83. The summed E-state index contributed by atoms with van der Waals surface area (Å²) in [5.74, 6) is 0. The van der Waals surface area contributed by atoms with Crippen LogP contribution >= 0.6 is 0 Å². The molecule has 0 saturated heterocycles. The van der Waals surface area contributed by atoms with Gasteiger partial charge in [0.25, 0.3) is 0 Å². The Kier molecular flexibility index (Phi) is 2.76. The summed E-state index contributed by atoms with van der Waals surface area (Å²) in [5.41, 5.74) is 4.90. The van der Waals surface area contributed by atoms with Gasteiger partial charge in [0.15, 0.2) is 0 Å². The van der Waals surface area contributed by atoms with Gasteiger partial charge in [0.05, 0.1) is 0 Å². The van der Waals surface area contributed by atoms with Crippen LogP contribution in [0.3, 0.4) is 0 Å². The third kappa shape index (κ3) is 2.23. The molecule has 0 aliphatic carbocycles. The molecular weight excluding hydrogens is 148 g/mol. The standard InChI is InChI=1S/C10H20N2/c1-5-8-6-7-9(12-11-8)10(2,3)4/h9,12H,5-7H2,1-4H3. The van der Waals surface area contributed by atoms with E-state index in [1.165, 1.54) is 18.6 Å². The fourth-order valence-electron chi connectivity index (χ4n) is 1.48. The summed E-state index contributed by atoms with van der Waals surface area (Å²) in [6.07, 6.45) is 3.49. The predicted octanol–water partition coefficient (Wildman–Crippen LogP) is 2.55. The van der Waals surface area contributed by atoms with Crippen molar-refractivity contribution in [2.75, 3.05) is 0 Å². The molecule has 70 valence electrons. The van der Waals surface area contributed by atoms with Crippen molar-refractivity contribution in [3.05, 3.63) is 0 Å². The topological polar surface area (TPSA) is 24.4 Å². The Bertz CT molecular complexity index is 177. The molecule has 0 bridgehead atoms. The van der Waals surface area contributed by atoms with Gasteiger partial charge in [-0.2, -0.15) is 5.10 Å². The number of nitrogens with zero attached hydrogens (tertiary/aromatic N) is 1. The van der Waals surface area contributed by atoms with Crippen molar-refractivity contribution >= 4 is 5.71 Å². The monoisotopic (exact) mass is 168 g/mol. The van der Waals surface area contributed by atoms with E-state index >= 15 is 0 Å². The van der Waals surface area contributed by atoms with Crippen LogP contribution in [-0.4, -0.2) is 11.8 Å². The first kappa shape index (κ1) is 9.56. The highest BCUT2D eigenvalue weighted by atomic mass is 15.3. The maximum absolute atomic E-state index is 4.36. The van der Waals surface area contributed by atoms with Crippen LogP contribution in [0.1, 0.15) is 47.0 Å². The molecule has 1 rings (SSSR count). The Morgan fingerprint density at radius 1 is 1.50 bits per heavy atom. The molecule has 0 aromatic heterocycles. The molecule has 1 aliphatic rings. The first-order valence-electron chi connectivity index (χ1n) is 4.85. The molecule has 0 aromatic carbocycles. The van der Waals surface area contributed by atoms with Crippen LogP contribution in [-0.2, 0) is 0 Å². The van der Waals surface area contributed by atoms with E-state index in [-0.39, 0.29) is 0 Å². The summed E-state index contributed by atoms with van der Waals surface area (Å²) in [6.45, 7) is 8.95. The number of hydrogen-bond donors (Lipinski definition) is 1. The second-order valence-corrected chi connectivity index (χ2v) is 4.62. The van der Waals surface area contributed by atoms with Crippen LogP contribution in [0.2, 0.25) is 0 Å². The van der Waals surface area contributed by atoms with E-state index < -0.39 is 0 Å². The van der Waals surface area contributed by atoms with Gasteiger partial charge in [-0.3, -0.25) is 0 Å². The molecule has 2 nitrogen and oxygen atoms in total. The van der Waals surface area contributed by atoms with Crippen molar-refractivity contribution in [3.63, 3.8) is 0 Å². The SMILES string of the molecule is CCC1=NNC(C(C)(C)C)CC1. The highest BCUT2D eigenvalue weighted by Crippen LogP contribution is 2.25. The zero-order valence-corrected chi connectivity index (χ0v) is 8.65. The molecule has 12 heavy (non-hydrogen) atoms. The van der Waals surface area contributed by atoms with E-state index in [2.05, 4.69) is 38.2 Å². The summed E-state index contributed by atoms with van der Waals surface area (Å²) in [7, 11) is 0. The Morgan fingerprint density at radius 3 is 2.50 bits per heavy atom.